The zero-order chi connectivity index (χ0) is 21.6. The molecule has 0 aromatic heterocycles. The van der Waals surface area contributed by atoms with Gasteiger partial charge in [0.2, 0.25) is 11.8 Å². The van der Waals surface area contributed by atoms with Crippen molar-refractivity contribution >= 4 is 35.0 Å². The largest absolute Gasteiger partial charge is 0.354 e. The van der Waals surface area contributed by atoms with Crippen molar-refractivity contribution in [3.8, 4) is 0 Å². The molecule has 0 saturated heterocycles. The zero-order valence-corrected chi connectivity index (χ0v) is 18.9. The van der Waals surface area contributed by atoms with Gasteiger partial charge in [0.05, 0.1) is 6.42 Å². The molecule has 0 spiro atoms. The predicted octanol–water partition coefficient (Wildman–Crippen LogP) is 5.10. The minimum Gasteiger partial charge on any atom is -0.354 e. The molecule has 0 saturated carbocycles. The summed E-state index contributed by atoms with van der Waals surface area (Å²) in [5, 5.41) is 3.87. The van der Waals surface area contributed by atoms with Crippen LogP contribution in [0.1, 0.15) is 42.5 Å². The third kappa shape index (κ3) is 6.48. The lowest BCUT2D eigenvalue weighted by Gasteiger charge is -2.29. The summed E-state index contributed by atoms with van der Waals surface area (Å²) < 4.78 is 0. The third-order valence-electron chi connectivity index (χ3n) is 5.00. The molecule has 0 bridgehead atoms. The van der Waals surface area contributed by atoms with Crippen LogP contribution in [0.2, 0.25) is 10.0 Å². The van der Waals surface area contributed by atoms with Crippen LogP contribution in [-0.2, 0) is 22.6 Å². The minimum absolute atomic E-state index is 0.126. The molecule has 2 amide bonds. The second-order valence-electron chi connectivity index (χ2n) is 7.32. The zero-order valence-electron chi connectivity index (χ0n) is 17.4. The Labute approximate surface area is 183 Å². The molecule has 0 unspecified atom stereocenters. The number of carbonyl (C=O) groups is 2. The van der Waals surface area contributed by atoms with Crippen LogP contribution in [0.3, 0.4) is 0 Å². The van der Waals surface area contributed by atoms with E-state index in [2.05, 4.69) is 5.32 Å². The molecule has 0 aliphatic rings. The Balaban J connectivity index is 2.27. The predicted molar refractivity (Wildman–Crippen MR) is 119 cm³/mol. The Bertz CT molecular complexity index is 883. The fourth-order valence-electron chi connectivity index (χ4n) is 3.00. The smallest absolute Gasteiger partial charge is 0.242 e. The van der Waals surface area contributed by atoms with Gasteiger partial charge in [-0.15, -0.1) is 0 Å². The van der Waals surface area contributed by atoms with E-state index in [1.54, 1.807) is 30.0 Å². The van der Waals surface area contributed by atoms with Crippen LogP contribution >= 0.6 is 23.2 Å². The molecule has 2 aromatic rings. The van der Waals surface area contributed by atoms with Gasteiger partial charge in [-0.3, -0.25) is 9.59 Å². The van der Waals surface area contributed by atoms with Crippen LogP contribution in [0.15, 0.2) is 36.4 Å². The van der Waals surface area contributed by atoms with Gasteiger partial charge in [0, 0.05) is 23.1 Å². The lowest BCUT2D eigenvalue weighted by Crippen LogP contribution is -2.48. The number of nitrogens with one attached hydrogen (secondary N) is 1. The molecular weight excluding hydrogens is 407 g/mol. The summed E-state index contributed by atoms with van der Waals surface area (Å²) in [6, 6.07) is 10.5. The summed E-state index contributed by atoms with van der Waals surface area (Å²) in [6.45, 7) is 8.60. The van der Waals surface area contributed by atoms with E-state index in [1.807, 2.05) is 39.0 Å². The average molecular weight is 435 g/mol. The van der Waals surface area contributed by atoms with E-state index < -0.39 is 6.04 Å². The Kier molecular flexibility index (Phi) is 8.54. The number of carbonyl (C=O) groups excluding carboxylic acids is 2. The van der Waals surface area contributed by atoms with Gasteiger partial charge in [0.25, 0.3) is 0 Å². The Hall–Kier alpha value is -2.04. The van der Waals surface area contributed by atoms with Gasteiger partial charge in [-0.25, -0.2) is 0 Å². The molecule has 6 heteroatoms. The number of benzene rings is 2. The maximum atomic E-state index is 13.2. The Morgan fingerprint density at radius 1 is 1.07 bits per heavy atom. The summed E-state index contributed by atoms with van der Waals surface area (Å²) in [7, 11) is 0. The van der Waals surface area contributed by atoms with E-state index in [0.717, 1.165) is 23.1 Å². The molecule has 0 fully saturated rings. The maximum absolute atomic E-state index is 13.2. The summed E-state index contributed by atoms with van der Waals surface area (Å²) in [5.41, 5.74) is 3.99. The van der Waals surface area contributed by atoms with Crippen molar-refractivity contribution in [3.05, 3.63) is 68.7 Å². The van der Waals surface area contributed by atoms with Gasteiger partial charge < -0.3 is 10.2 Å². The molecule has 29 heavy (non-hydrogen) atoms. The highest BCUT2D eigenvalue weighted by Crippen LogP contribution is 2.24. The molecule has 0 aliphatic heterocycles. The molecule has 0 heterocycles. The van der Waals surface area contributed by atoms with Crippen LogP contribution in [-0.4, -0.2) is 29.3 Å². The Morgan fingerprint density at radius 2 is 1.79 bits per heavy atom. The lowest BCUT2D eigenvalue weighted by molar-refractivity contribution is -0.140. The third-order valence-corrected chi connectivity index (χ3v) is 5.59. The Morgan fingerprint density at radius 3 is 2.41 bits per heavy atom. The number of nitrogens with zero attached hydrogens (tertiary/aromatic N) is 1. The number of hydrogen-bond acceptors (Lipinski definition) is 2. The molecule has 156 valence electrons. The van der Waals surface area contributed by atoms with Gasteiger partial charge in [0.15, 0.2) is 0 Å². The average Bonchev–Trinajstić information content (AvgIpc) is 2.67. The molecule has 0 radical (unpaired) electrons. The molecule has 4 nitrogen and oxygen atoms in total. The van der Waals surface area contributed by atoms with Crippen molar-refractivity contribution < 1.29 is 9.59 Å². The van der Waals surface area contributed by atoms with E-state index in [1.165, 1.54) is 5.56 Å². The van der Waals surface area contributed by atoms with E-state index in [-0.39, 0.29) is 24.8 Å². The molecular formula is C23H28Cl2N2O2. The van der Waals surface area contributed by atoms with E-state index in [4.69, 9.17) is 23.2 Å². The van der Waals surface area contributed by atoms with Crippen molar-refractivity contribution in [3.63, 3.8) is 0 Å². The summed E-state index contributed by atoms with van der Waals surface area (Å²) in [4.78, 5) is 27.3. The summed E-state index contributed by atoms with van der Waals surface area (Å²) in [6.07, 6.45) is 1.05. The fraction of sp³-hybridized carbons (Fsp3) is 0.391. The van der Waals surface area contributed by atoms with Gasteiger partial charge in [-0.1, -0.05) is 54.4 Å². The SMILES string of the molecule is CCCNC(=O)[C@@H](C)N(Cc1ccc(Cl)cc1Cl)C(=O)Cc1ccc(C)c(C)c1. The fourth-order valence-corrected chi connectivity index (χ4v) is 3.47. The first kappa shape index (κ1) is 23.2. The van der Waals surface area contributed by atoms with Crippen molar-refractivity contribution in [1.82, 2.24) is 10.2 Å². The summed E-state index contributed by atoms with van der Waals surface area (Å²) >= 11 is 12.3. The van der Waals surface area contributed by atoms with E-state index in [9.17, 15) is 9.59 Å². The van der Waals surface area contributed by atoms with Crippen molar-refractivity contribution in [2.75, 3.05) is 6.54 Å². The normalized spacial score (nSPS) is 11.8. The van der Waals surface area contributed by atoms with Gasteiger partial charge in [0.1, 0.15) is 6.04 Å². The van der Waals surface area contributed by atoms with Gasteiger partial charge in [-0.05, 0) is 61.6 Å². The van der Waals surface area contributed by atoms with Crippen LogP contribution < -0.4 is 5.32 Å². The van der Waals surface area contributed by atoms with Crippen LogP contribution in [0.25, 0.3) is 0 Å². The van der Waals surface area contributed by atoms with Crippen LogP contribution in [0.5, 0.6) is 0 Å². The van der Waals surface area contributed by atoms with Gasteiger partial charge >= 0.3 is 0 Å². The molecule has 2 aromatic carbocycles. The number of hydrogen-bond donors (Lipinski definition) is 1. The van der Waals surface area contributed by atoms with Gasteiger partial charge in [-0.2, -0.15) is 0 Å². The van der Waals surface area contributed by atoms with Crippen molar-refractivity contribution in [2.45, 2.75) is 53.1 Å². The number of rotatable bonds is 8. The molecule has 0 aliphatic carbocycles. The first-order chi connectivity index (χ1) is 13.7. The highest BCUT2D eigenvalue weighted by molar-refractivity contribution is 6.35. The number of halogens is 2. The number of aryl methyl sites for hydroxylation is 2. The standard InChI is InChI=1S/C23H28Cl2N2O2/c1-5-10-26-23(29)17(4)27(14-19-8-9-20(24)13-21(19)25)22(28)12-18-7-6-15(2)16(3)11-18/h6-9,11,13,17H,5,10,12,14H2,1-4H3,(H,26,29)/t17-/m1/s1. The quantitative estimate of drug-likeness (QED) is 0.628. The number of amides is 2. The summed E-state index contributed by atoms with van der Waals surface area (Å²) in [5.74, 6) is -0.302. The topological polar surface area (TPSA) is 49.4 Å². The lowest BCUT2D eigenvalue weighted by atomic mass is 10.0. The monoisotopic (exact) mass is 434 g/mol. The van der Waals surface area contributed by atoms with E-state index in [0.29, 0.717) is 16.6 Å². The first-order valence-electron chi connectivity index (χ1n) is 9.80. The first-order valence-corrected chi connectivity index (χ1v) is 10.6. The minimum atomic E-state index is -0.618. The van der Waals surface area contributed by atoms with Crippen molar-refractivity contribution in [1.29, 1.82) is 0 Å². The highest BCUT2D eigenvalue weighted by atomic mass is 35.5. The van der Waals surface area contributed by atoms with Crippen LogP contribution in [0, 0.1) is 13.8 Å². The maximum Gasteiger partial charge on any atom is 0.242 e. The van der Waals surface area contributed by atoms with Crippen LogP contribution in [0.4, 0.5) is 0 Å². The molecule has 1 atom stereocenters. The second kappa shape index (κ2) is 10.7. The molecule has 1 N–H and O–H groups in total. The molecule has 2 rings (SSSR count). The second-order valence-corrected chi connectivity index (χ2v) is 8.16. The van der Waals surface area contributed by atoms with E-state index >= 15 is 0 Å². The van der Waals surface area contributed by atoms with Crippen molar-refractivity contribution in [2.24, 2.45) is 0 Å². The highest BCUT2D eigenvalue weighted by Gasteiger charge is 2.26.